The molecule has 112 valence electrons. The average molecular weight is 293 g/mol. The van der Waals surface area contributed by atoms with Crippen molar-refractivity contribution in [3.05, 3.63) is 41.5 Å². The summed E-state index contributed by atoms with van der Waals surface area (Å²) in [6.07, 6.45) is 5.64. The van der Waals surface area contributed by atoms with Crippen molar-refractivity contribution >= 4 is 17.5 Å². The molecule has 6 atom stereocenters. The predicted octanol–water partition coefficient (Wildman–Crippen LogP) is 2.86. The highest BCUT2D eigenvalue weighted by molar-refractivity contribution is 6.22. The molecule has 4 aliphatic carbocycles. The van der Waals surface area contributed by atoms with Crippen LogP contribution in [0.2, 0.25) is 0 Å². The van der Waals surface area contributed by atoms with E-state index in [9.17, 15) is 9.59 Å². The Morgan fingerprint density at radius 3 is 1.86 bits per heavy atom. The van der Waals surface area contributed by atoms with Gasteiger partial charge in [0.1, 0.15) is 0 Å². The quantitative estimate of drug-likeness (QED) is 0.590. The molecule has 2 saturated carbocycles. The molecule has 2 amide bonds. The second-order valence-electron chi connectivity index (χ2n) is 7.51. The van der Waals surface area contributed by atoms with E-state index in [1.54, 1.807) is 0 Å². The number of imide groups is 1. The second-order valence-corrected chi connectivity index (χ2v) is 7.51. The fraction of sp³-hybridized carbons (Fsp3) is 0.474. The Labute approximate surface area is 130 Å². The van der Waals surface area contributed by atoms with Crippen LogP contribution in [0.5, 0.6) is 0 Å². The van der Waals surface area contributed by atoms with E-state index in [0.717, 1.165) is 16.8 Å². The summed E-state index contributed by atoms with van der Waals surface area (Å²) < 4.78 is 0. The van der Waals surface area contributed by atoms with E-state index in [0.29, 0.717) is 23.7 Å². The predicted molar refractivity (Wildman–Crippen MR) is 83.1 cm³/mol. The minimum absolute atomic E-state index is 0.0321. The fourth-order valence-corrected chi connectivity index (χ4v) is 5.29. The molecule has 1 aliphatic heterocycles. The van der Waals surface area contributed by atoms with Crippen molar-refractivity contribution in [1.82, 2.24) is 0 Å². The lowest BCUT2D eigenvalue weighted by Gasteiger charge is -2.37. The molecule has 3 fully saturated rings. The monoisotopic (exact) mass is 293 g/mol. The number of nitrogens with zero attached hydrogens (tertiary/aromatic N) is 1. The van der Waals surface area contributed by atoms with Crippen molar-refractivity contribution in [2.45, 2.75) is 20.3 Å². The van der Waals surface area contributed by atoms with Crippen LogP contribution in [0.15, 0.2) is 30.4 Å². The third-order valence-electron chi connectivity index (χ3n) is 6.13. The molecule has 1 heterocycles. The van der Waals surface area contributed by atoms with Gasteiger partial charge in [0.15, 0.2) is 0 Å². The summed E-state index contributed by atoms with van der Waals surface area (Å²) in [5.41, 5.74) is 2.94. The van der Waals surface area contributed by atoms with E-state index in [1.165, 1.54) is 11.3 Å². The molecule has 6 unspecified atom stereocenters. The van der Waals surface area contributed by atoms with Gasteiger partial charge in [-0.25, -0.2) is 4.90 Å². The lowest BCUT2D eigenvalue weighted by atomic mass is 9.63. The Kier molecular flexibility index (Phi) is 2.23. The summed E-state index contributed by atoms with van der Waals surface area (Å²) in [4.78, 5) is 27.5. The Morgan fingerprint density at radius 2 is 1.36 bits per heavy atom. The molecule has 0 N–H and O–H groups in total. The van der Waals surface area contributed by atoms with Gasteiger partial charge in [0.2, 0.25) is 11.8 Å². The van der Waals surface area contributed by atoms with Gasteiger partial charge in [-0.1, -0.05) is 18.2 Å². The summed E-state index contributed by atoms with van der Waals surface area (Å²) in [5.74, 6) is 1.77. The third-order valence-corrected chi connectivity index (χ3v) is 6.13. The Balaban J connectivity index is 1.60. The molecule has 6 rings (SSSR count). The van der Waals surface area contributed by atoms with E-state index in [1.807, 2.05) is 26.0 Å². The molecule has 0 spiro atoms. The summed E-state index contributed by atoms with van der Waals surface area (Å²) in [6.45, 7) is 4.02. The van der Waals surface area contributed by atoms with Crippen molar-refractivity contribution in [1.29, 1.82) is 0 Å². The number of amides is 2. The van der Waals surface area contributed by atoms with Crippen LogP contribution < -0.4 is 4.90 Å². The number of aryl methyl sites for hydroxylation is 2. The van der Waals surface area contributed by atoms with Crippen LogP contribution in [0.25, 0.3) is 0 Å². The van der Waals surface area contributed by atoms with Crippen LogP contribution in [-0.2, 0) is 9.59 Å². The Hall–Kier alpha value is -1.90. The molecule has 1 saturated heterocycles. The largest absolute Gasteiger partial charge is 0.274 e. The first-order chi connectivity index (χ1) is 10.6. The zero-order chi connectivity index (χ0) is 15.2. The van der Waals surface area contributed by atoms with Crippen LogP contribution in [-0.4, -0.2) is 11.8 Å². The normalized spacial score (nSPS) is 40.9. The van der Waals surface area contributed by atoms with Gasteiger partial charge in [-0.2, -0.15) is 0 Å². The maximum atomic E-state index is 13.0. The molecule has 0 radical (unpaired) electrons. The number of allylic oxidation sites excluding steroid dienone is 2. The number of carbonyl (C=O) groups excluding carboxylic acids is 2. The summed E-state index contributed by atoms with van der Waals surface area (Å²) in [7, 11) is 0. The zero-order valence-corrected chi connectivity index (χ0v) is 12.8. The molecule has 22 heavy (non-hydrogen) atoms. The van der Waals surface area contributed by atoms with E-state index < -0.39 is 0 Å². The molecular formula is C19H19NO2. The smallest absolute Gasteiger partial charge is 0.238 e. The van der Waals surface area contributed by atoms with Gasteiger partial charge in [-0.3, -0.25) is 9.59 Å². The molecule has 5 aliphatic rings. The second kappa shape index (κ2) is 3.89. The minimum atomic E-state index is -0.105. The van der Waals surface area contributed by atoms with E-state index >= 15 is 0 Å². The lowest BCUT2D eigenvalue weighted by molar-refractivity contribution is -0.124. The first-order valence-corrected chi connectivity index (χ1v) is 8.20. The highest BCUT2D eigenvalue weighted by atomic mass is 16.2. The Morgan fingerprint density at radius 1 is 0.864 bits per heavy atom. The fourth-order valence-electron chi connectivity index (χ4n) is 5.29. The lowest BCUT2D eigenvalue weighted by Crippen LogP contribution is -2.40. The van der Waals surface area contributed by atoms with Gasteiger partial charge in [-0.15, -0.1) is 0 Å². The molecule has 2 bridgehead atoms. The van der Waals surface area contributed by atoms with Crippen molar-refractivity contribution < 1.29 is 9.59 Å². The SMILES string of the molecule is Cc1cc(C)cc(N2C(=O)C3C4C=CC(C5CC45)C3C2=O)c1. The maximum Gasteiger partial charge on any atom is 0.238 e. The van der Waals surface area contributed by atoms with Gasteiger partial charge in [0, 0.05) is 0 Å². The molecule has 3 nitrogen and oxygen atoms in total. The van der Waals surface area contributed by atoms with Crippen molar-refractivity contribution in [3.63, 3.8) is 0 Å². The number of rotatable bonds is 1. The van der Waals surface area contributed by atoms with Crippen LogP contribution in [0, 0.1) is 49.4 Å². The number of hydrogen-bond donors (Lipinski definition) is 0. The van der Waals surface area contributed by atoms with E-state index in [4.69, 9.17) is 0 Å². The minimum Gasteiger partial charge on any atom is -0.274 e. The average Bonchev–Trinajstić information content (AvgIpc) is 3.23. The van der Waals surface area contributed by atoms with Gasteiger partial charge in [0.25, 0.3) is 0 Å². The molecule has 1 aromatic rings. The van der Waals surface area contributed by atoms with Crippen LogP contribution in [0.3, 0.4) is 0 Å². The summed E-state index contributed by atoms with van der Waals surface area (Å²) in [6, 6.07) is 5.98. The maximum absolute atomic E-state index is 13.0. The highest BCUT2D eigenvalue weighted by Gasteiger charge is 2.67. The van der Waals surface area contributed by atoms with Gasteiger partial charge < -0.3 is 0 Å². The first kappa shape index (κ1) is 12.6. The highest BCUT2D eigenvalue weighted by Crippen LogP contribution is 2.65. The number of hydrogen-bond acceptors (Lipinski definition) is 2. The van der Waals surface area contributed by atoms with Gasteiger partial charge in [0.05, 0.1) is 17.5 Å². The Bertz CT molecular complexity index is 694. The number of carbonyl (C=O) groups is 2. The van der Waals surface area contributed by atoms with Gasteiger partial charge >= 0.3 is 0 Å². The summed E-state index contributed by atoms with van der Waals surface area (Å²) in [5, 5.41) is 0. The topological polar surface area (TPSA) is 37.4 Å². The molecule has 0 aromatic heterocycles. The van der Waals surface area contributed by atoms with Crippen molar-refractivity contribution in [2.75, 3.05) is 4.90 Å². The molecule has 1 aromatic carbocycles. The standard InChI is InChI=1S/C19H19NO2/c1-9-5-10(2)7-11(6-9)20-18(21)16-12-3-4-13(15-8-14(12)15)17(16)19(20)22/h3-7,12-17H,8H2,1-2H3. The zero-order valence-electron chi connectivity index (χ0n) is 12.8. The van der Waals surface area contributed by atoms with Gasteiger partial charge in [-0.05, 0) is 67.2 Å². The van der Waals surface area contributed by atoms with Crippen LogP contribution in [0.4, 0.5) is 5.69 Å². The van der Waals surface area contributed by atoms with E-state index in [2.05, 4.69) is 18.2 Å². The molecular weight excluding hydrogens is 274 g/mol. The summed E-state index contributed by atoms with van der Waals surface area (Å²) >= 11 is 0. The number of benzene rings is 1. The van der Waals surface area contributed by atoms with Crippen LogP contribution in [0.1, 0.15) is 17.5 Å². The van der Waals surface area contributed by atoms with E-state index in [-0.39, 0.29) is 23.7 Å². The molecule has 3 heteroatoms. The van der Waals surface area contributed by atoms with Crippen LogP contribution >= 0.6 is 0 Å². The first-order valence-electron chi connectivity index (χ1n) is 8.20. The third kappa shape index (κ3) is 1.42. The van der Waals surface area contributed by atoms with Crippen molar-refractivity contribution in [3.8, 4) is 0 Å². The van der Waals surface area contributed by atoms with Crippen molar-refractivity contribution in [2.24, 2.45) is 35.5 Å². The number of anilines is 1.